The van der Waals surface area contributed by atoms with Gasteiger partial charge in [0.05, 0.1) is 6.61 Å². The van der Waals surface area contributed by atoms with Gasteiger partial charge in [-0.25, -0.2) is 0 Å². The molecule has 0 spiro atoms. The van der Waals surface area contributed by atoms with Gasteiger partial charge in [0.1, 0.15) is 0 Å². The van der Waals surface area contributed by atoms with E-state index in [0.29, 0.717) is 13.0 Å². The Hall–Kier alpha value is -0.530. The zero-order chi connectivity index (χ0) is 38.2. The van der Waals surface area contributed by atoms with E-state index in [0.717, 1.165) is 12.8 Å². The minimum Gasteiger partial charge on any atom is -0.466 e. The van der Waals surface area contributed by atoms with E-state index in [1.54, 1.807) is 0 Å². The maximum absolute atomic E-state index is 12.0. The smallest absolute Gasteiger partial charge is 0.305 e. The molecule has 0 atom stereocenters. The van der Waals surface area contributed by atoms with Gasteiger partial charge in [0.25, 0.3) is 0 Å². The molecule has 0 aromatic carbocycles. The monoisotopic (exact) mass is 747 g/mol. The summed E-state index contributed by atoms with van der Waals surface area (Å²) in [5.41, 5.74) is 0. The van der Waals surface area contributed by atoms with Gasteiger partial charge in [-0.2, -0.15) is 0 Å². The Morgan fingerprint density at radius 2 is 0.415 bits per heavy atom. The molecule has 0 aliphatic rings. The second kappa shape index (κ2) is 49.5. The van der Waals surface area contributed by atoms with Crippen molar-refractivity contribution >= 4 is 5.97 Å². The predicted octanol–water partition coefficient (Wildman–Crippen LogP) is 18.9. The normalized spacial score (nSPS) is 11.5. The number of carbonyl (C=O) groups excluding carboxylic acids is 1. The van der Waals surface area contributed by atoms with Crippen molar-refractivity contribution in [1.29, 1.82) is 0 Å². The lowest BCUT2D eigenvalue weighted by molar-refractivity contribution is -0.143. The molecule has 0 aromatic heterocycles. The quantitative estimate of drug-likeness (QED) is 0.0458. The van der Waals surface area contributed by atoms with E-state index in [-0.39, 0.29) is 5.97 Å². The Bertz CT molecular complexity index is 644. The van der Waals surface area contributed by atoms with Crippen molar-refractivity contribution < 1.29 is 9.53 Å². The largest absolute Gasteiger partial charge is 0.466 e. The molecule has 318 valence electrons. The summed E-state index contributed by atoms with van der Waals surface area (Å²) < 4.78 is 5.49. The van der Waals surface area contributed by atoms with Crippen molar-refractivity contribution in [1.82, 2.24) is 0 Å². The second-order valence-electron chi connectivity index (χ2n) is 17.5. The number of ether oxygens (including phenoxy) is 1. The van der Waals surface area contributed by atoms with Gasteiger partial charge < -0.3 is 4.74 Å². The summed E-state index contributed by atoms with van der Waals surface area (Å²) in [5, 5.41) is 0. The summed E-state index contributed by atoms with van der Waals surface area (Å²) >= 11 is 0. The van der Waals surface area contributed by atoms with Crippen molar-refractivity contribution in [2.75, 3.05) is 6.61 Å². The van der Waals surface area contributed by atoms with Crippen LogP contribution in [0.1, 0.15) is 316 Å². The number of esters is 1. The summed E-state index contributed by atoms with van der Waals surface area (Å²) in [4.78, 5) is 12.0. The standard InChI is InChI=1S/C51H102O2/c1-3-5-7-9-11-13-15-17-19-21-22-23-24-25-26-27-28-29-30-31-32-33-35-37-39-41-43-45-47-49-51(52)53-50-48-46-44-42-40-38-36-34-20-18-16-14-12-10-8-6-4-2/h3-50H2,1-2H3. The Morgan fingerprint density at radius 1 is 0.245 bits per heavy atom. The highest BCUT2D eigenvalue weighted by molar-refractivity contribution is 5.69. The van der Waals surface area contributed by atoms with Crippen molar-refractivity contribution in [3.63, 3.8) is 0 Å². The third-order valence-electron chi connectivity index (χ3n) is 12.0. The molecular formula is C51H102O2. The van der Waals surface area contributed by atoms with Crippen LogP contribution in [-0.2, 0) is 9.53 Å². The van der Waals surface area contributed by atoms with E-state index in [1.165, 1.54) is 283 Å². The molecule has 2 heteroatoms. The average Bonchev–Trinajstić information content (AvgIpc) is 3.16. The average molecular weight is 747 g/mol. The van der Waals surface area contributed by atoms with Crippen LogP contribution >= 0.6 is 0 Å². The Kier molecular flexibility index (Phi) is 49.0. The summed E-state index contributed by atoms with van der Waals surface area (Å²) in [5.74, 6) is 0.0338. The van der Waals surface area contributed by atoms with Crippen molar-refractivity contribution in [2.45, 2.75) is 316 Å². The zero-order valence-electron chi connectivity index (χ0n) is 37.3. The Morgan fingerprint density at radius 3 is 0.623 bits per heavy atom. The molecular weight excluding hydrogens is 645 g/mol. The fourth-order valence-corrected chi connectivity index (χ4v) is 8.20. The van der Waals surface area contributed by atoms with Crippen molar-refractivity contribution in [3.05, 3.63) is 0 Å². The third kappa shape index (κ3) is 49.5. The van der Waals surface area contributed by atoms with Crippen molar-refractivity contribution in [3.8, 4) is 0 Å². The molecule has 0 radical (unpaired) electrons. The number of carbonyl (C=O) groups is 1. The predicted molar refractivity (Wildman–Crippen MR) is 239 cm³/mol. The first-order chi connectivity index (χ1) is 26.3. The Labute approximate surface area is 336 Å². The lowest BCUT2D eigenvalue weighted by atomic mass is 10.0. The SMILES string of the molecule is CCCCCCCCCCCCCCCCCCCCCCCCCCCCCCCC(=O)OCCCCCCCCCCCCCCCCCCC. The van der Waals surface area contributed by atoms with Gasteiger partial charge in [0.15, 0.2) is 0 Å². The molecule has 0 bridgehead atoms. The molecule has 0 saturated carbocycles. The number of unbranched alkanes of at least 4 members (excludes halogenated alkanes) is 44. The van der Waals surface area contributed by atoms with Gasteiger partial charge in [-0.1, -0.05) is 296 Å². The van der Waals surface area contributed by atoms with E-state index in [9.17, 15) is 4.79 Å². The van der Waals surface area contributed by atoms with Gasteiger partial charge in [-0.3, -0.25) is 4.79 Å². The highest BCUT2D eigenvalue weighted by Crippen LogP contribution is 2.18. The fourth-order valence-electron chi connectivity index (χ4n) is 8.20. The molecule has 0 rings (SSSR count). The number of hydrogen-bond donors (Lipinski definition) is 0. The van der Waals surface area contributed by atoms with Gasteiger partial charge in [0.2, 0.25) is 0 Å². The molecule has 0 heterocycles. The van der Waals surface area contributed by atoms with Gasteiger partial charge >= 0.3 is 5.97 Å². The first kappa shape index (κ1) is 52.5. The van der Waals surface area contributed by atoms with Crippen LogP contribution in [-0.4, -0.2) is 12.6 Å². The molecule has 0 aliphatic carbocycles. The molecule has 0 fully saturated rings. The maximum Gasteiger partial charge on any atom is 0.305 e. The van der Waals surface area contributed by atoms with Crippen LogP contribution in [0, 0.1) is 0 Å². The van der Waals surface area contributed by atoms with Crippen LogP contribution in [0.2, 0.25) is 0 Å². The first-order valence-electron chi connectivity index (χ1n) is 25.5. The van der Waals surface area contributed by atoms with Crippen LogP contribution in [0.5, 0.6) is 0 Å². The van der Waals surface area contributed by atoms with Crippen LogP contribution in [0.3, 0.4) is 0 Å². The van der Waals surface area contributed by atoms with Crippen LogP contribution < -0.4 is 0 Å². The van der Waals surface area contributed by atoms with E-state index in [1.807, 2.05) is 0 Å². The molecule has 2 nitrogen and oxygen atoms in total. The van der Waals surface area contributed by atoms with E-state index >= 15 is 0 Å². The van der Waals surface area contributed by atoms with Gasteiger partial charge in [0, 0.05) is 6.42 Å². The molecule has 0 aliphatic heterocycles. The second-order valence-corrected chi connectivity index (χ2v) is 17.5. The first-order valence-corrected chi connectivity index (χ1v) is 25.5. The summed E-state index contributed by atoms with van der Waals surface area (Å²) in [7, 11) is 0. The topological polar surface area (TPSA) is 26.3 Å². The fraction of sp³-hybridized carbons (Fsp3) is 0.980. The molecule has 0 saturated heterocycles. The summed E-state index contributed by atoms with van der Waals surface area (Å²) in [6.45, 7) is 5.24. The minimum atomic E-state index is 0.0338. The summed E-state index contributed by atoms with van der Waals surface area (Å²) in [6.07, 6.45) is 65.4. The highest BCUT2D eigenvalue weighted by Gasteiger charge is 2.03. The maximum atomic E-state index is 12.0. The number of rotatable bonds is 48. The van der Waals surface area contributed by atoms with Crippen molar-refractivity contribution in [2.24, 2.45) is 0 Å². The van der Waals surface area contributed by atoms with Gasteiger partial charge in [-0.05, 0) is 12.8 Å². The van der Waals surface area contributed by atoms with Gasteiger partial charge in [-0.15, -0.1) is 0 Å². The van der Waals surface area contributed by atoms with E-state index in [4.69, 9.17) is 4.74 Å². The zero-order valence-corrected chi connectivity index (χ0v) is 37.3. The van der Waals surface area contributed by atoms with Crippen LogP contribution in [0.4, 0.5) is 0 Å². The minimum absolute atomic E-state index is 0.0338. The van der Waals surface area contributed by atoms with E-state index < -0.39 is 0 Å². The molecule has 0 aromatic rings. The van der Waals surface area contributed by atoms with E-state index in [2.05, 4.69) is 13.8 Å². The molecule has 0 amide bonds. The lowest BCUT2D eigenvalue weighted by Gasteiger charge is -2.06. The lowest BCUT2D eigenvalue weighted by Crippen LogP contribution is -2.05. The Balaban J connectivity index is 3.13. The van der Waals surface area contributed by atoms with Crippen LogP contribution in [0.15, 0.2) is 0 Å². The molecule has 0 N–H and O–H groups in total. The molecule has 0 unspecified atom stereocenters. The number of hydrogen-bond acceptors (Lipinski definition) is 2. The molecule has 53 heavy (non-hydrogen) atoms. The summed E-state index contributed by atoms with van der Waals surface area (Å²) in [6, 6.07) is 0. The van der Waals surface area contributed by atoms with Crippen LogP contribution in [0.25, 0.3) is 0 Å². The third-order valence-corrected chi connectivity index (χ3v) is 12.0. The highest BCUT2D eigenvalue weighted by atomic mass is 16.5.